The van der Waals surface area contributed by atoms with Gasteiger partial charge in [0.2, 0.25) is 5.91 Å². The van der Waals surface area contributed by atoms with Gasteiger partial charge in [0, 0.05) is 32.1 Å². The minimum Gasteiger partial charge on any atom is -0.351 e. The Kier molecular flexibility index (Phi) is 5.33. The molecule has 1 aromatic carbocycles. The number of amides is 2. The maximum atomic E-state index is 12.3. The van der Waals surface area contributed by atoms with Crippen molar-refractivity contribution in [2.75, 3.05) is 32.1 Å². The van der Waals surface area contributed by atoms with E-state index in [1.54, 1.807) is 14.1 Å². The second-order valence-corrected chi connectivity index (χ2v) is 7.33. The van der Waals surface area contributed by atoms with Gasteiger partial charge in [-0.1, -0.05) is 30.3 Å². The van der Waals surface area contributed by atoms with Crippen LogP contribution in [0.15, 0.2) is 30.3 Å². The summed E-state index contributed by atoms with van der Waals surface area (Å²) >= 11 is 1.43. The van der Waals surface area contributed by atoms with E-state index in [0.29, 0.717) is 5.01 Å². The molecule has 3 rings (SSSR count). The average Bonchev–Trinajstić information content (AvgIpc) is 3.05. The Bertz CT molecular complexity index is 758. The first kappa shape index (κ1) is 17.4. The highest BCUT2D eigenvalue weighted by molar-refractivity contribution is 7.14. The molecule has 0 unspecified atom stereocenters. The van der Waals surface area contributed by atoms with Crippen molar-refractivity contribution in [1.29, 1.82) is 0 Å². The molecular formula is C18H22N4O2S. The van der Waals surface area contributed by atoms with Crippen LogP contribution >= 0.6 is 11.3 Å². The number of carbonyl (C=O) groups excluding carboxylic acids is 2. The fraction of sp³-hybridized carbons (Fsp3) is 0.389. The van der Waals surface area contributed by atoms with E-state index in [1.165, 1.54) is 21.8 Å². The number of nitrogens with zero attached hydrogens (tertiary/aromatic N) is 3. The maximum absolute atomic E-state index is 12.3. The fourth-order valence-corrected chi connectivity index (χ4v) is 3.78. The van der Waals surface area contributed by atoms with Crippen LogP contribution in [0.1, 0.15) is 26.7 Å². The van der Waals surface area contributed by atoms with E-state index in [4.69, 9.17) is 0 Å². The van der Waals surface area contributed by atoms with E-state index < -0.39 is 0 Å². The SMILES string of the molecule is CN(C)C(=O)CNC(=O)c1nc2c(s1)CCCN2Cc1ccccc1. The number of aromatic nitrogens is 1. The highest BCUT2D eigenvalue weighted by atomic mass is 32.1. The number of likely N-dealkylation sites (N-methyl/N-ethyl adjacent to an activating group) is 1. The average molecular weight is 358 g/mol. The summed E-state index contributed by atoms with van der Waals surface area (Å²) in [5.41, 5.74) is 1.23. The molecule has 1 aliphatic rings. The summed E-state index contributed by atoms with van der Waals surface area (Å²) in [4.78, 5) is 33.3. The van der Waals surface area contributed by atoms with E-state index in [1.807, 2.05) is 18.2 Å². The monoisotopic (exact) mass is 358 g/mol. The van der Waals surface area contributed by atoms with Gasteiger partial charge in [0.25, 0.3) is 5.91 Å². The molecule has 0 spiro atoms. The molecule has 25 heavy (non-hydrogen) atoms. The first-order chi connectivity index (χ1) is 12.0. The van der Waals surface area contributed by atoms with Crippen molar-refractivity contribution in [1.82, 2.24) is 15.2 Å². The van der Waals surface area contributed by atoms with Gasteiger partial charge in [-0.25, -0.2) is 4.98 Å². The van der Waals surface area contributed by atoms with E-state index in [0.717, 1.165) is 36.6 Å². The Hall–Kier alpha value is -2.41. The van der Waals surface area contributed by atoms with E-state index >= 15 is 0 Å². The molecule has 0 saturated carbocycles. The Morgan fingerprint density at radius 2 is 2.04 bits per heavy atom. The van der Waals surface area contributed by atoms with Crippen molar-refractivity contribution < 1.29 is 9.59 Å². The molecule has 1 N–H and O–H groups in total. The molecule has 132 valence electrons. The highest BCUT2D eigenvalue weighted by Crippen LogP contribution is 2.32. The van der Waals surface area contributed by atoms with Crippen LogP contribution in [0.2, 0.25) is 0 Å². The van der Waals surface area contributed by atoms with E-state index in [-0.39, 0.29) is 18.4 Å². The summed E-state index contributed by atoms with van der Waals surface area (Å²) in [7, 11) is 3.33. The van der Waals surface area contributed by atoms with Crippen LogP contribution in [-0.4, -0.2) is 48.9 Å². The molecule has 0 fully saturated rings. The number of thiazole rings is 1. The lowest BCUT2D eigenvalue weighted by Crippen LogP contribution is -2.36. The van der Waals surface area contributed by atoms with Gasteiger partial charge in [0.05, 0.1) is 6.54 Å². The molecule has 0 bridgehead atoms. The van der Waals surface area contributed by atoms with Gasteiger partial charge in [-0.2, -0.15) is 0 Å². The Labute approximate surface area is 151 Å². The molecule has 1 aromatic heterocycles. The lowest BCUT2D eigenvalue weighted by molar-refractivity contribution is -0.127. The Morgan fingerprint density at radius 3 is 2.76 bits per heavy atom. The van der Waals surface area contributed by atoms with Gasteiger partial charge in [-0.15, -0.1) is 11.3 Å². The van der Waals surface area contributed by atoms with Gasteiger partial charge in [0.15, 0.2) is 5.01 Å². The lowest BCUT2D eigenvalue weighted by atomic mass is 10.1. The number of nitrogens with one attached hydrogen (secondary N) is 1. The van der Waals surface area contributed by atoms with Crippen molar-refractivity contribution in [2.45, 2.75) is 19.4 Å². The van der Waals surface area contributed by atoms with Crippen LogP contribution in [0.5, 0.6) is 0 Å². The van der Waals surface area contributed by atoms with Crippen molar-refractivity contribution in [3.8, 4) is 0 Å². The summed E-state index contributed by atoms with van der Waals surface area (Å²) in [5, 5.41) is 3.08. The van der Waals surface area contributed by atoms with Crippen LogP contribution in [-0.2, 0) is 17.8 Å². The second-order valence-electron chi connectivity index (χ2n) is 6.25. The largest absolute Gasteiger partial charge is 0.351 e. The smallest absolute Gasteiger partial charge is 0.280 e. The van der Waals surface area contributed by atoms with Crippen LogP contribution in [0.4, 0.5) is 5.82 Å². The lowest BCUT2D eigenvalue weighted by Gasteiger charge is -2.27. The Morgan fingerprint density at radius 1 is 1.28 bits per heavy atom. The summed E-state index contributed by atoms with van der Waals surface area (Å²) < 4.78 is 0. The highest BCUT2D eigenvalue weighted by Gasteiger charge is 2.24. The predicted molar refractivity (Wildman–Crippen MR) is 99.0 cm³/mol. The number of fused-ring (bicyclic) bond motifs is 1. The zero-order chi connectivity index (χ0) is 17.8. The van der Waals surface area contributed by atoms with Crippen LogP contribution in [0.3, 0.4) is 0 Å². The zero-order valence-electron chi connectivity index (χ0n) is 14.5. The molecule has 2 aromatic rings. The van der Waals surface area contributed by atoms with Gasteiger partial charge in [-0.3, -0.25) is 9.59 Å². The van der Waals surface area contributed by atoms with Crippen LogP contribution in [0.25, 0.3) is 0 Å². The number of hydrogen-bond donors (Lipinski definition) is 1. The molecule has 0 radical (unpaired) electrons. The molecule has 6 nitrogen and oxygen atoms in total. The normalized spacial score (nSPS) is 13.3. The molecule has 0 saturated heterocycles. The molecule has 1 aliphatic heterocycles. The molecular weight excluding hydrogens is 336 g/mol. The number of benzene rings is 1. The van der Waals surface area contributed by atoms with Gasteiger partial charge < -0.3 is 15.1 Å². The summed E-state index contributed by atoms with van der Waals surface area (Å²) in [6.45, 7) is 1.72. The maximum Gasteiger partial charge on any atom is 0.280 e. The third-order valence-electron chi connectivity index (χ3n) is 4.12. The van der Waals surface area contributed by atoms with Gasteiger partial charge in [0.1, 0.15) is 5.82 Å². The first-order valence-corrected chi connectivity index (χ1v) is 9.13. The number of hydrogen-bond acceptors (Lipinski definition) is 5. The molecule has 0 atom stereocenters. The zero-order valence-corrected chi connectivity index (χ0v) is 15.3. The van der Waals surface area contributed by atoms with Gasteiger partial charge in [-0.05, 0) is 18.4 Å². The van der Waals surface area contributed by atoms with Crippen molar-refractivity contribution in [3.05, 3.63) is 45.8 Å². The fourth-order valence-electron chi connectivity index (χ4n) is 2.73. The quantitative estimate of drug-likeness (QED) is 0.887. The van der Waals surface area contributed by atoms with Crippen molar-refractivity contribution >= 4 is 29.0 Å². The molecule has 7 heteroatoms. The first-order valence-electron chi connectivity index (χ1n) is 8.31. The van der Waals surface area contributed by atoms with Crippen molar-refractivity contribution in [3.63, 3.8) is 0 Å². The molecule has 0 aliphatic carbocycles. The number of rotatable bonds is 5. The molecule has 2 amide bonds. The van der Waals surface area contributed by atoms with Crippen molar-refractivity contribution in [2.24, 2.45) is 0 Å². The minimum atomic E-state index is -0.283. The third-order valence-corrected chi connectivity index (χ3v) is 5.22. The molecule has 2 heterocycles. The summed E-state index contributed by atoms with van der Waals surface area (Å²) in [6.07, 6.45) is 2.00. The van der Waals surface area contributed by atoms with E-state index in [2.05, 4.69) is 27.3 Å². The van der Waals surface area contributed by atoms with Crippen LogP contribution < -0.4 is 10.2 Å². The predicted octanol–water partition coefficient (Wildman–Crippen LogP) is 1.91. The summed E-state index contributed by atoms with van der Waals surface area (Å²) in [6, 6.07) is 10.3. The number of aryl methyl sites for hydroxylation is 1. The second kappa shape index (κ2) is 7.65. The summed E-state index contributed by atoms with van der Waals surface area (Å²) in [5.74, 6) is 0.485. The minimum absolute atomic E-state index is 0.0101. The standard InChI is InChI=1S/C18H22N4O2S/c1-21(2)15(23)11-19-17(24)18-20-16-14(25-18)9-6-10-22(16)12-13-7-4-3-5-8-13/h3-5,7-8H,6,9-12H2,1-2H3,(H,19,24). The number of anilines is 1. The topological polar surface area (TPSA) is 65.5 Å². The van der Waals surface area contributed by atoms with E-state index in [9.17, 15) is 9.59 Å². The third kappa shape index (κ3) is 4.17. The van der Waals surface area contributed by atoms with Gasteiger partial charge >= 0.3 is 0 Å². The Balaban J connectivity index is 1.71. The number of carbonyl (C=O) groups is 2. The van der Waals surface area contributed by atoms with Crippen LogP contribution in [0, 0.1) is 0 Å².